The minimum atomic E-state index is -4.12. The summed E-state index contributed by atoms with van der Waals surface area (Å²) in [5.74, 6) is 1.38. The van der Waals surface area contributed by atoms with Crippen LogP contribution in [0, 0.1) is 6.92 Å². The number of nitrogens with one attached hydrogen (secondary N) is 1. The number of piperazine rings is 1. The van der Waals surface area contributed by atoms with Gasteiger partial charge in [-0.05, 0) is 25.5 Å². The second-order valence-corrected chi connectivity index (χ2v) is 4.90. The zero-order chi connectivity index (χ0) is 13.9. The zero-order valence-electron chi connectivity index (χ0n) is 11.0. The Bertz CT molecular complexity index is 397. The van der Waals surface area contributed by atoms with Crippen molar-refractivity contribution in [2.24, 2.45) is 0 Å². The fourth-order valence-electron chi connectivity index (χ4n) is 2.43. The molecule has 1 N–H and O–H groups in total. The van der Waals surface area contributed by atoms with Gasteiger partial charge in [-0.3, -0.25) is 4.90 Å². The molecule has 1 aliphatic rings. The molecule has 0 amide bonds. The molecular formula is C13H19F3N2O. The van der Waals surface area contributed by atoms with Crippen molar-refractivity contribution in [3.05, 3.63) is 23.7 Å². The molecule has 0 radical (unpaired) electrons. The maximum Gasteiger partial charge on any atom is 0.389 e. The van der Waals surface area contributed by atoms with E-state index >= 15 is 0 Å². The number of rotatable bonds is 4. The minimum absolute atomic E-state index is 0.0520. The first-order valence-corrected chi connectivity index (χ1v) is 6.53. The van der Waals surface area contributed by atoms with Crippen LogP contribution in [0.3, 0.4) is 0 Å². The summed E-state index contributed by atoms with van der Waals surface area (Å²) in [6, 6.07) is 3.31. The third-order valence-corrected chi connectivity index (χ3v) is 3.38. The van der Waals surface area contributed by atoms with E-state index in [1.54, 1.807) is 12.1 Å². The molecule has 2 rings (SSSR count). The number of nitrogens with zero attached hydrogens (tertiary/aromatic N) is 1. The van der Waals surface area contributed by atoms with Gasteiger partial charge in [-0.25, -0.2) is 0 Å². The van der Waals surface area contributed by atoms with Gasteiger partial charge in [-0.15, -0.1) is 0 Å². The van der Waals surface area contributed by atoms with Crippen molar-refractivity contribution in [2.45, 2.75) is 32.0 Å². The molecule has 1 aliphatic heterocycles. The topological polar surface area (TPSA) is 28.4 Å². The smallest absolute Gasteiger partial charge is 0.389 e. The van der Waals surface area contributed by atoms with Crippen molar-refractivity contribution in [1.29, 1.82) is 0 Å². The molecule has 0 unspecified atom stereocenters. The second kappa shape index (κ2) is 5.96. The SMILES string of the molecule is Cc1ccc([C@H](CCC(F)(F)F)N2CCNCC2)o1. The lowest BCUT2D eigenvalue weighted by atomic mass is 10.1. The Morgan fingerprint density at radius 1 is 1.32 bits per heavy atom. The molecule has 0 spiro atoms. The van der Waals surface area contributed by atoms with Gasteiger partial charge >= 0.3 is 6.18 Å². The van der Waals surface area contributed by atoms with Gasteiger partial charge in [0.15, 0.2) is 0 Å². The Balaban J connectivity index is 2.08. The molecule has 108 valence electrons. The molecule has 0 bridgehead atoms. The van der Waals surface area contributed by atoms with Crippen LogP contribution in [0.4, 0.5) is 13.2 Å². The van der Waals surface area contributed by atoms with Crippen molar-refractivity contribution < 1.29 is 17.6 Å². The van der Waals surface area contributed by atoms with Crippen molar-refractivity contribution in [3.8, 4) is 0 Å². The molecule has 19 heavy (non-hydrogen) atoms. The number of aryl methyl sites for hydroxylation is 1. The Morgan fingerprint density at radius 2 is 2.00 bits per heavy atom. The molecule has 1 saturated heterocycles. The Kier molecular flexibility index (Phi) is 4.52. The van der Waals surface area contributed by atoms with Gasteiger partial charge in [0.1, 0.15) is 11.5 Å². The minimum Gasteiger partial charge on any atom is -0.465 e. The van der Waals surface area contributed by atoms with Gasteiger partial charge < -0.3 is 9.73 Å². The molecular weight excluding hydrogens is 257 g/mol. The van der Waals surface area contributed by atoms with Crippen LogP contribution in [0.25, 0.3) is 0 Å². The predicted molar refractivity (Wildman–Crippen MR) is 65.9 cm³/mol. The van der Waals surface area contributed by atoms with E-state index in [0.29, 0.717) is 5.76 Å². The largest absolute Gasteiger partial charge is 0.465 e. The summed E-state index contributed by atoms with van der Waals surface area (Å²) >= 11 is 0. The summed E-state index contributed by atoms with van der Waals surface area (Å²) < 4.78 is 42.9. The highest BCUT2D eigenvalue weighted by molar-refractivity contribution is 5.10. The van der Waals surface area contributed by atoms with E-state index in [9.17, 15) is 13.2 Å². The van der Waals surface area contributed by atoms with Crippen LogP contribution in [0.2, 0.25) is 0 Å². The average Bonchev–Trinajstić information content (AvgIpc) is 2.76. The summed E-state index contributed by atoms with van der Waals surface area (Å²) in [6.07, 6.45) is -4.84. The summed E-state index contributed by atoms with van der Waals surface area (Å²) in [6.45, 7) is 4.93. The van der Waals surface area contributed by atoms with Crippen LogP contribution in [0.15, 0.2) is 16.5 Å². The zero-order valence-corrected chi connectivity index (χ0v) is 11.0. The van der Waals surface area contributed by atoms with Crippen LogP contribution in [0.5, 0.6) is 0 Å². The standard InChI is InChI=1S/C13H19F3N2O/c1-10-2-3-12(19-10)11(4-5-13(14,15)16)18-8-6-17-7-9-18/h2-3,11,17H,4-9H2,1H3/t11-/m0/s1. The molecule has 1 fully saturated rings. The van der Waals surface area contributed by atoms with Crippen molar-refractivity contribution >= 4 is 0 Å². The molecule has 0 aliphatic carbocycles. The second-order valence-electron chi connectivity index (χ2n) is 4.90. The number of halogens is 3. The predicted octanol–water partition coefficient (Wildman–Crippen LogP) is 2.88. The lowest BCUT2D eigenvalue weighted by Crippen LogP contribution is -2.45. The molecule has 1 aromatic rings. The monoisotopic (exact) mass is 276 g/mol. The molecule has 3 nitrogen and oxygen atoms in total. The summed E-state index contributed by atoms with van der Waals surface area (Å²) in [5.41, 5.74) is 0. The van der Waals surface area contributed by atoms with Gasteiger partial charge in [-0.1, -0.05) is 0 Å². The van der Waals surface area contributed by atoms with Crippen molar-refractivity contribution in [1.82, 2.24) is 10.2 Å². The normalized spacial score (nSPS) is 19.6. The fraction of sp³-hybridized carbons (Fsp3) is 0.692. The molecule has 1 atom stereocenters. The summed E-state index contributed by atoms with van der Waals surface area (Å²) in [7, 11) is 0. The Hall–Kier alpha value is -1.01. The van der Waals surface area contributed by atoms with E-state index in [4.69, 9.17) is 4.42 Å². The van der Waals surface area contributed by atoms with Gasteiger partial charge in [-0.2, -0.15) is 13.2 Å². The first-order valence-electron chi connectivity index (χ1n) is 6.53. The quantitative estimate of drug-likeness (QED) is 0.916. The Morgan fingerprint density at radius 3 is 2.53 bits per heavy atom. The molecule has 0 aromatic carbocycles. The molecule has 6 heteroatoms. The molecule has 1 aromatic heterocycles. The van der Waals surface area contributed by atoms with E-state index in [1.165, 1.54) is 0 Å². The van der Waals surface area contributed by atoms with E-state index < -0.39 is 12.6 Å². The first kappa shape index (κ1) is 14.4. The van der Waals surface area contributed by atoms with Gasteiger partial charge in [0, 0.05) is 32.6 Å². The lowest BCUT2D eigenvalue weighted by molar-refractivity contribution is -0.138. The maximum absolute atomic E-state index is 12.4. The Labute approximate surface area is 110 Å². The first-order chi connectivity index (χ1) is 8.96. The van der Waals surface area contributed by atoms with Crippen LogP contribution in [0.1, 0.15) is 30.4 Å². The van der Waals surface area contributed by atoms with E-state index in [0.717, 1.165) is 31.9 Å². The number of hydrogen-bond donors (Lipinski definition) is 1. The van der Waals surface area contributed by atoms with Crippen LogP contribution in [-0.2, 0) is 0 Å². The number of furan rings is 1. The third kappa shape index (κ3) is 4.24. The van der Waals surface area contributed by atoms with Gasteiger partial charge in [0.2, 0.25) is 0 Å². The highest BCUT2D eigenvalue weighted by Crippen LogP contribution is 2.32. The number of hydrogen-bond acceptors (Lipinski definition) is 3. The van der Waals surface area contributed by atoms with E-state index in [-0.39, 0.29) is 12.5 Å². The van der Waals surface area contributed by atoms with Crippen LogP contribution >= 0.6 is 0 Å². The average molecular weight is 276 g/mol. The van der Waals surface area contributed by atoms with Gasteiger partial charge in [0.25, 0.3) is 0 Å². The highest BCUT2D eigenvalue weighted by atomic mass is 19.4. The third-order valence-electron chi connectivity index (χ3n) is 3.38. The lowest BCUT2D eigenvalue weighted by Gasteiger charge is -2.34. The van der Waals surface area contributed by atoms with Crippen molar-refractivity contribution in [3.63, 3.8) is 0 Å². The van der Waals surface area contributed by atoms with Crippen LogP contribution in [-0.4, -0.2) is 37.3 Å². The van der Waals surface area contributed by atoms with Crippen molar-refractivity contribution in [2.75, 3.05) is 26.2 Å². The van der Waals surface area contributed by atoms with E-state index in [1.807, 2.05) is 6.92 Å². The van der Waals surface area contributed by atoms with E-state index in [2.05, 4.69) is 10.2 Å². The number of alkyl halides is 3. The summed E-state index contributed by atoms with van der Waals surface area (Å²) in [4.78, 5) is 2.07. The summed E-state index contributed by atoms with van der Waals surface area (Å²) in [5, 5.41) is 3.20. The van der Waals surface area contributed by atoms with Crippen LogP contribution < -0.4 is 5.32 Å². The highest BCUT2D eigenvalue weighted by Gasteiger charge is 2.32. The van der Waals surface area contributed by atoms with Gasteiger partial charge in [0.05, 0.1) is 6.04 Å². The molecule has 0 saturated carbocycles. The fourth-order valence-corrected chi connectivity index (χ4v) is 2.43. The maximum atomic E-state index is 12.4. The molecule has 2 heterocycles.